The lowest BCUT2D eigenvalue weighted by molar-refractivity contribution is 0.677. The molecular formula is C23H29N5. The van der Waals surface area contributed by atoms with Crippen molar-refractivity contribution < 1.29 is 0 Å². The topological polar surface area (TPSA) is 54.2 Å². The van der Waals surface area contributed by atoms with Gasteiger partial charge in [0.25, 0.3) is 0 Å². The Labute approximate surface area is 167 Å². The Bertz CT molecular complexity index is 855. The van der Waals surface area contributed by atoms with Gasteiger partial charge in [-0.05, 0) is 17.0 Å². The molecule has 0 saturated carbocycles. The first-order valence-electron chi connectivity index (χ1n) is 9.79. The van der Waals surface area contributed by atoms with E-state index in [2.05, 4.69) is 80.6 Å². The van der Waals surface area contributed by atoms with E-state index in [1.165, 1.54) is 11.1 Å². The molecule has 0 bridgehead atoms. The van der Waals surface area contributed by atoms with Gasteiger partial charge in [0.1, 0.15) is 5.82 Å². The summed E-state index contributed by atoms with van der Waals surface area (Å²) in [7, 11) is 1.80. The van der Waals surface area contributed by atoms with Gasteiger partial charge in [-0.3, -0.25) is 4.99 Å². The maximum absolute atomic E-state index is 4.51. The average molecular weight is 376 g/mol. The van der Waals surface area contributed by atoms with Crippen LogP contribution in [-0.2, 0) is 13.0 Å². The summed E-state index contributed by atoms with van der Waals surface area (Å²) in [6.45, 7) is 4.69. The first-order chi connectivity index (χ1) is 13.8. The SMILES string of the molecule is CN=C(NCCc1nccn1Cc1ccccc1)NCC(C)c1ccccc1. The molecule has 1 atom stereocenters. The third-order valence-electron chi connectivity index (χ3n) is 4.81. The number of aliphatic imine (C=N–C) groups is 1. The van der Waals surface area contributed by atoms with Crippen LogP contribution in [0.15, 0.2) is 78.0 Å². The van der Waals surface area contributed by atoms with Gasteiger partial charge >= 0.3 is 0 Å². The lowest BCUT2D eigenvalue weighted by Crippen LogP contribution is -2.40. The van der Waals surface area contributed by atoms with E-state index in [-0.39, 0.29) is 0 Å². The molecule has 0 amide bonds. The average Bonchev–Trinajstić information content (AvgIpc) is 3.18. The zero-order chi connectivity index (χ0) is 19.6. The summed E-state index contributed by atoms with van der Waals surface area (Å²) in [6, 6.07) is 21.0. The van der Waals surface area contributed by atoms with Gasteiger partial charge in [-0.1, -0.05) is 67.6 Å². The molecule has 0 aliphatic rings. The third kappa shape index (κ3) is 5.71. The largest absolute Gasteiger partial charge is 0.356 e. The van der Waals surface area contributed by atoms with Crippen LogP contribution in [0, 0.1) is 0 Å². The second-order valence-electron chi connectivity index (χ2n) is 6.90. The highest BCUT2D eigenvalue weighted by Crippen LogP contribution is 2.12. The van der Waals surface area contributed by atoms with Crippen LogP contribution in [0.3, 0.4) is 0 Å². The predicted molar refractivity (Wildman–Crippen MR) is 116 cm³/mol. The zero-order valence-electron chi connectivity index (χ0n) is 16.7. The first-order valence-corrected chi connectivity index (χ1v) is 9.79. The number of hydrogen-bond donors (Lipinski definition) is 2. The van der Waals surface area contributed by atoms with E-state index in [9.17, 15) is 0 Å². The fourth-order valence-electron chi connectivity index (χ4n) is 3.15. The van der Waals surface area contributed by atoms with Crippen LogP contribution in [0.25, 0.3) is 0 Å². The van der Waals surface area contributed by atoms with Crippen LogP contribution < -0.4 is 10.6 Å². The smallest absolute Gasteiger partial charge is 0.191 e. The van der Waals surface area contributed by atoms with Crippen LogP contribution in [0.2, 0.25) is 0 Å². The highest BCUT2D eigenvalue weighted by Gasteiger charge is 2.07. The van der Waals surface area contributed by atoms with Crippen molar-refractivity contribution in [2.45, 2.75) is 25.8 Å². The van der Waals surface area contributed by atoms with Crippen molar-refractivity contribution in [1.29, 1.82) is 0 Å². The quantitative estimate of drug-likeness (QED) is 0.468. The molecule has 146 valence electrons. The predicted octanol–water partition coefficient (Wildman–Crippen LogP) is 3.44. The molecule has 2 aromatic carbocycles. The second kappa shape index (κ2) is 10.3. The lowest BCUT2D eigenvalue weighted by atomic mass is 10.0. The molecule has 1 heterocycles. The van der Waals surface area contributed by atoms with Crippen molar-refractivity contribution in [1.82, 2.24) is 20.2 Å². The van der Waals surface area contributed by atoms with Crippen molar-refractivity contribution in [3.63, 3.8) is 0 Å². The molecule has 28 heavy (non-hydrogen) atoms. The van der Waals surface area contributed by atoms with Gasteiger partial charge in [0, 0.05) is 45.5 Å². The summed E-state index contributed by atoms with van der Waals surface area (Å²) in [4.78, 5) is 8.84. The van der Waals surface area contributed by atoms with E-state index in [0.29, 0.717) is 5.92 Å². The summed E-state index contributed by atoms with van der Waals surface area (Å²) >= 11 is 0. The Morgan fingerprint density at radius 2 is 1.75 bits per heavy atom. The number of nitrogens with one attached hydrogen (secondary N) is 2. The van der Waals surface area contributed by atoms with Crippen molar-refractivity contribution in [3.05, 3.63) is 90.0 Å². The van der Waals surface area contributed by atoms with Crippen LogP contribution in [-0.4, -0.2) is 35.6 Å². The molecule has 3 rings (SSSR count). The van der Waals surface area contributed by atoms with Crippen molar-refractivity contribution in [2.75, 3.05) is 20.1 Å². The summed E-state index contributed by atoms with van der Waals surface area (Å²) in [6.07, 6.45) is 4.75. The highest BCUT2D eigenvalue weighted by atomic mass is 15.2. The minimum atomic E-state index is 0.421. The lowest BCUT2D eigenvalue weighted by Gasteiger charge is -2.16. The third-order valence-corrected chi connectivity index (χ3v) is 4.81. The van der Waals surface area contributed by atoms with E-state index >= 15 is 0 Å². The molecule has 0 spiro atoms. The second-order valence-corrected chi connectivity index (χ2v) is 6.90. The molecule has 2 N–H and O–H groups in total. The van der Waals surface area contributed by atoms with Crippen molar-refractivity contribution in [3.8, 4) is 0 Å². The Morgan fingerprint density at radius 3 is 2.46 bits per heavy atom. The summed E-state index contributed by atoms with van der Waals surface area (Å²) < 4.78 is 2.20. The highest BCUT2D eigenvalue weighted by molar-refractivity contribution is 5.79. The number of aromatic nitrogens is 2. The van der Waals surface area contributed by atoms with Crippen LogP contribution in [0.5, 0.6) is 0 Å². The molecule has 0 radical (unpaired) electrons. The van der Waals surface area contributed by atoms with Gasteiger partial charge in [0.15, 0.2) is 5.96 Å². The number of hydrogen-bond acceptors (Lipinski definition) is 2. The molecule has 0 fully saturated rings. The van der Waals surface area contributed by atoms with Gasteiger partial charge < -0.3 is 15.2 Å². The van der Waals surface area contributed by atoms with Crippen molar-refractivity contribution >= 4 is 5.96 Å². The Kier molecular flexibility index (Phi) is 7.24. The van der Waals surface area contributed by atoms with E-state index in [0.717, 1.165) is 37.8 Å². The van der Waals surface area contributed by atoms with Crippen LogP contribution in [0.1, 0.15) is 29.8 Å². The fraction of sp³-hybridized carbons (Fsp3) is 0.304. The van der Waals surface area contributed by atoms with E-state index in [1.54, 1.807) is 7.05 Å². The summed E-state index contributed by atoms with van der Waals surface area (Å²) in [5.74, 6) is 2.32. The van der Waals surface area contributed by atoms with Gasteiger partial charge in [-0.2, -0.15) is 0 Å². The molecule has 3 aromatic rings. The van der Waals surface area contributed by atoms with Gasteiger partial charge in [0.05, 0.1) is 0 Å². The minimum absolute atomic E-state index is 0.421. The normalized spacial score (nSPS) is 12.6. The maximum atomic E-state index is 4.51. The van der Waals surface area contributed by atoms with E-state index in [4.69, 9.17) is 0 Å². The molecular weight excluding hydrogens is 346 g/mol. The van der Waals surface area contributed by atoms with E-state index < -0.39 is 0 Å². The molecule has 5 nitrogen and oxygen atoms in total. The summed E-state index contributed by atoms with van der Waals surface area (Å²) in [5, 5.41) is 6.81. The van der Waals surface area contributed by atoms with Gasteiger partial charge in [-0.25, -0.2) is 4.98 Å². The zero-order valence-corrected chi connectivity index (χ0v) is 16.7. The Balaban J connectivity index is 1.46. The van der Waals surface area contributed by atoms with E-state index in [1.807, 2.05) is 24.5 Å². The fourth-order valence-corrected chi connectivity index (χ4v) is 3.15. The monoisotopic (exact) mass is 375 g/mol. The molecule has 0 saturated heterocycles. The van der Waals surface area contributed by atoms with Crippen LogP contribution >= 0.6 is 0 Å². The van der Waals surface area contributed by atoms with Gasteiger partial charge in [-0.15, -0.1) is 0 Å². The Morgan fingerprint density at radius 1 is 1.04 bits per heavy atom. The number of nitrogens with zero attached hydrogens (tertiary/aromatic N) is 3. The first kappa shape index (κ1) is 19.7. The number of guanidine groups is 1. The number of benzene rings is 2. The molecule has 0 aliphatic heterocycles. The molecule has 1 aromatic heterocycles. The maximum Gasteiger partial charge on any atom is 0.191 e. The number of imidazole rings is 1. The molecule has 5 heteroatoms. The Hall–Kier alpha value is -3.08. The van der Waals surface area contributed by atoms with Crippen molar-refractivity contribution in [2.24, 2.45) is 4.99 Å². The standard InChI is InChI=1S/C23H29N5/c1-19(21-11-7-4-8-12-21)17-27-23(24-2)26-14-13-22-25-15-16-28(22)18-20-9-5-3-6-10-20/h3-12,15-16,19H,13-14,17-18H2,1-2H3,(H2,24,26,27). The van der Waals surface area contributed by atoms with Gasteiger partial charge in [0.2, 0.25) is 0 Å². The molecule has 0 aliphatic carbocycles. The van der Waals surface area contributed by atoms with Crippen LogP contribution in [0.4, 0.5) is 0 Å². The minimum Gasteiger partial charge on any atom is -0.356 e. The number of rotatable bonds is 8. The molecule has 1 unspecified atom stereocenters. The summed E-state index contributed by atoms with van der Waals surface area (Å²) in [5.41, 5.74) is 2.61.